The molecule has 8 bridgehead atoms. The first-order valence-corrected chi connectivity index (χ1v) is 21.2. The van der Waals surface area contributed by atoms with Gasteiger partial charge in [0.2, 0.25) is 0 Å². The minimum Gasteiger partial charge on any atom is -0.657 e. The zero-order valence-electron chi connectivity index (χ0n) is 33.1. The number of fused-ring (bicyclic) bond motifs is 8. The van der Waals surface area contributed by atoms with Crippen LogP contribution in [-0.2, 0) is 35.1 Å². The molecule has 0 aliphatic carbocycles. The normalized spacial score (nSPS) is 11.9. The van der Waals surface area contributed by atoms with Crippen molar-refractivity contribution in [3.8, 4) is 44.5 Å². The van der Waals surface area contributed by atoms with Crippen LogP contribution in [0.2, 0.25) is 0 Å². The van der Waals surface area contributed by atoms with Gasteiger partial charge >= 0.3 is 19.5 Å². The van der Waals surface area contributed by atoms with Crippen molar-refractivity contribution in [1.82, 2.24) is 19.9 Å². The number of aromatic nitrogens is 4. The maximum Gasteiger partial charge on any atom is 2.00 e. The summed E-state index contributed by atoms with van der Waals surface area (Å²) >= 11 is 0. The Kier molecular flexibility index (Phi) is 10.7. The summed E-state index contributed by atoms with van der Waals surface area (Å²) in [6.07, 6.45) is 7.86. The van der Waals surface area contributed by atoms with Crippen molar-refractivity contribution >= 4 is 61.9 Å². The van der Waals surface area contributed by atoms with E-state index in [4.69, 9.17) is 19.9 Å². The molecule has 2 aliphatic heterocycles. The first kappa shape index (κ1) is 40.1. The molecule has 0 radical (unpaired) electrons. The zero-order valence-corrected chi connectivity index (χ0v) is 36.9. The molecule has 294 valence electrons. The molecule has 0 atom stereocenters. The van der Waals surface area contributed by atoms with Gasteiger partial charge in [-0.1, -0.05) is 133 Å². The van der Waals surface area contributed by atoms with Gasteiger partial charge in [0.1, 0.15) is 0 Å². The molecule has 3 aromatic heterocycles. The van der Waals surface area contributed by atoms with Gasteiger partial charge in [0.05, 0.1) is 38.3 Å². The first-order valence-electron chi connectivity index (χ1n) is 19.6. The Labute approximate surface area is 370 Å². The van der Waals surface area contributed by atoms with Gasteiger partial charge in [-0.3, -0.25) is 10.1 Å². The Morgan fingerprint density at radius 2 is 0.823 bits per heavy atom. The van der Waals surface area contributed by atoms with Gasteiger partial charge < -0.3 is 9.97 Å². The fraction of sp³-hybridized carbons (Fsp3) is 0.0196. The maximum absolute atomic E-state index is 13.7. The van der Waals surface area contributed by atoms with Gasteiger partial charge in [0, 0.05) is 11.6 Å². The van der Waals surface area contributed by atoms with E-state index in [0.29, 0.717) is 44.8 Å². The SMILES string of the molecule is O=[N+]([O-])c1ccc(-c2c3nc(c(-c4ccccc4)c4ccc([n-]4)c(-c4ccccc4)c4nc(c(-c5ccccc5)c5ccc2[n-]5)C=C4)C=C3)cc1CS(=O)(=O)c1ccccc1.[Zn+2]. The topological polar surface area (TPSA) is 131 Å². The molecular formula is C51H33N5O4SZn. The van der Waals surface area contributed by atoms with Crippen LogP contribution >= 0.6 is 0 Å². The van der Waals surface area contributed by atoms with E-state index >= 15 is 0 Å². The van der Waals surface area contributed by atoms with Crippen LogP contribution in [0.5, 0.6) is 0 Å². The molecule has 62 heavy (non-hydrogen) atoms. The van der Waals surface area contributed by atoms with Crippen molar-refractivity contribution in [3.05, 3.63) is 202 Å². The Hall–Kier alpha value is -7.33. The van der Waals surface area contributed by atoms with Gasteiger partial charge in [-0.25, -0.2) is 18.4 Å². The molecular weight excluding hydrogens is 844 g/mol. The smallest absolute Gasteiger partial charge is 0.657 e. The van der Waals surface area contributed by atoms with Crippen molar-refractivity contribution in [2.24, 2.45) is 0 Å². The summed E-state index contributed by atoms with van der Waals surface area (Å²) in [5.74, 6) is -0.580. The van der Waals surface area contributed by atoms with E-state index < -0.39 is 20.5 Å². The molecule has 5 aromatic carbocycles. The van der Waals surface area contributed by atoms with Crippen molar-refractivity contribution < 1.29 is 32.8 Å². The third-order valence-corrected chi connectivity index (χ3v) is 12.5. The number of sulfone groups is 1. The molecule has 0 amide bonds. The summed E-state index contributed by atoms with van der Waals surface area (Å²) in [6, 6.07) is 50.4. The number of benzene rings is 5. The molecule has 2 aliphatic rings. The molecule has 0 saturated carbocycles. The van der Waals surface area contributed by atoms with E-state index in [2.05, 4.69) is 12.1 Å². The summed E-state index contributed by atoms with van der Waals surface area (Å²) in [7, 11) is -3.95. The fourth-order valence-corrected chi connectivity index (χ4v) is 9.41. The first-order chi connectivity index (χ1) is 29.8. The molecule has 0 fully saturated rings. The summed E-state index contributed by atoms with van der Waals surface area (Å²) in [5, 5.41) is 12.4. The van der Waals surface area contributed by atoms with E-state index in [1.165, 1.54) is 18.2 Å². The monoisotopic (exact) mass is 875 g/mol. The standard InChI is InChI=1S/C51H33N5O4S.Zn/c57-56(58)47-30-21-36(31-37(47)32-61(59,60)38-19-11-4-12-20-38)51-45-28-26-43(54-45)49(34-15-7-2-8-16-34)41-24-22-39(52-41)48(33-13-5-1-6-14-33)40-23-25-42(53-40)50(35-17-9-3-10-18-35)44-27-29-46(51)55-44;/h1-31H,32H2;/q-2;+2. The van der Waals surface area contributed by atoms with E-state index in [1.807, 2.05) is 127 Å². The van der Waals surface area contributed by atoms with Crippen molar-refractivity contribution in [2.45, 2.75) is 10.6 Å². The largest absolute Gasteiger partial charge is 2.00 e. The molecule has 10 rings (SSSR count). The molecule has 0 unspecified atom stereocenters. The molecule has 0 spiro atoms. The quantitative estimate of drug-likeness (QED) is 0.0837. The Morgan fingerprint density at radius 3 is 1.19 bits per heavy atom. The maximum atomic E-state index is 13.7. The average molecular weight is 877 g/mol. The molecule has 8 aromatic rings. The fourth-order valence-electron chi connectivity index (χ4n) is 8.04. The Morgan fingerprint density at radius 1 is 0.468 bits per heavy atom. The van der Waals surface area contributed by atoms with E-state index in [1.54, 1.807) is 30.3 Å². The minimum atomic E-state index is -3.95. The van der Waals surface area contributed by atoms with Gasteiger partial charge in [-0.2, -0.15) is 0 Å². The zero-order chi connectivity index (χ0) is 41.5. The van der Waals surface area contributed by atoms with Crippen LogP contribution in [0.15, 0.2) is 169 Å². The third kappa shape index (κ3) is 7.53. The van der Waals surface area contributed by atoms with Crippen LogP contribution in [0.1, 0.15) is 28.3 Å². The van der Waals surface area contributed by atoms with Crippen LogP contribution in [0, 0.1) is 10.1 Å². The van der Waals surface area contributed by atoms with Crippen LogP contribution < -0.4 is 9.97 Å². The predicted molar refractivity (Wildman–Crippen MR) is 243 cm³/mol. The van der Waals surface area contributed by atoms with E-state index in [9.17, 15) is 18.5 Å². The number of rotatable bonds is 8. The summed E-state index contributed by atoms with van der Waals surface area (Å²) < 4.78 is 27.4. The number of nitrogens with zero attached hydrogens (tertiary/aromatic N) is 5. The van der Waals surface area contributed by atoms with Crippen LogP contribution in [0.4, 0.5) is 5.69 Å². The second kappa shape index (κ2) is 16.6. The molecule has 9 nitrogen and oxygen atoms in total. The van der Waals surface area contributed by atoms with Crippen molar-refractivity contribution in [1.29, 1.82) is 0 Å². The van der Waals surface area contributed by atoms with Gasteiger partial charge in [0.25, 0.3) is 5.69 Å². The molecule has 5 heterocycles. The third-order valence-electron chi connectivity index (χ3n) is 10.8. The Bertz CT molecular complexity index is 3330. The Balaban J connectivity index is 0.00000490. The number of hydrogen-bond donors (Lipinski definition) is 0. The minimum absolute atomic E-state index is 0. The van der Waals surface area contributed by atoms with Crippen molar-refractivity contribution in [2.75, 3.05) is 0 Å². The number of nitro groups is 1. The molecule has 0 saturated heterocycles. The average Bonchev–Trinajstić information content (AvgIpc) is 4.13. The van der Waals surface area contributed by atoms with E-state index in [-0.39, 0.29) is 35.6 Å². The van der Waals surface area contributed by atoms with Crippen LogP contribution in [-0.4, -0.2) is 23.3 Å². The predicted octanol–water partition coefficient (Wildman–Crippen LogP) is 11.5. The summed E-state index contributed by atoms with van der Waals surface area (Å²) in [4.78, 5) is 33.0. The molecule has 0 N–H and O–H groups in total. The summed E-state index contributed by atoms with van der Waals surface area (Å²) in [5.41, 5.74) is 11.5. The summed E-state index contributed by atoms with van der Waals surface area (Å²) in [6.45, 7) is 0. The number of hydrogen-bond acceptors (Lipinski definition) is 6. The molecule has 11 heteroatoms. The van der Waals surface area contributed by atoms with Gasteiger partial charge in [0.15, 0.2) is 9.84 Å². The number of nitro benzene ring substituents is 1. The van der Waals surface area contributed by atoms with Gasteiger partial charge in [-0.05, 0) is 93.1 Å². The van der Waals surface area contributed by atoms with Crippen LogP contribution in [0.25, 0.3) is 90.9 Å². The second-order valence-electron chi connectivity index (χ2n) is 14.6. The second-order valence-corrected chi connectivity index (χ2v) is 16.6. The van der Waals surface area contributed by atoms with Gasteiger partial charge in [-0.15, -0.1) is 22.1 Å². The van der Waals surface area contributed by atoms with Crippen molar-refractivity contribution in [3.63, 3.8) is 0 Å². The van der Waals surface area contributed by atoms with Crippen LogP contribution in [0.3, 0.4) is 0 Å². The van der Waals surface area contributed by atoms with E-state index in [0.717, 1.165) is 44.6 Å².